The highest BCUT2D eigenvalue weighted by Crippen LogP contribution is 2.47. The van der Waals surface area contributed by atoms with E-state index in [1.165, 1.54) is 38.6 Å². The van der Waals surface area contributed by atoms with Crippen molar-refractivity contribution in [2.24, 2.45) is 17.8 Å². The van der Waals surface area contributed by atoms with Crippen LogP contribution in [0.1, 0.15) is 45.4 Å². The molecule has 1 nitrogen and oxygen atoms in total. The van der Waals surface area contributed by atoms with Crippen LogP contribution in [0.2, 0.25) is 0 Å². The van der Waals surface area contributed by atoms with Crippen molar-refractivity contribution in [2.45, 2.75) is 51.5 Å². The number of fused-ring (bicyclic) bond motifs is 2. The molecule has 2 saturated carbocycles. The van der Waals surface area contributed by atoms with Gasteiger partial charge in [-0.25, -0.2) is 0 Å². The number of nitrogens with one attached hydrogen (secondary N) is 1. The standard InChI is InChI=1S/C14H25N/c1-3-4-5-11(2)15-10-14-9-12-6-7-13(14)8-12/h3,11-15H,1,4-10H2,2H3. The smallest absolute Gasteiger partial charge is 0.00417 e. The Bertz CT molecular complexity index is 211. The monoisotopic (exact) mass is 207 g/mol. The molecule has 1 N–H and O–H groups in total. The third kappa shape index (κ3) is 2.84. The minimum Gasteiger partial charge on any atom is -0.314 e. The fourth-order valence-electron chi connectivity index (χ4n) is 3.45. The van der Waals surface area contributed by atoms with Crippen LogP contribution < -0.4 is 5.32 Å². The van der Waals surface area contributed by atoms with Crippen LogP contribution in [0.4, 0.5) is 0 Å². The van der Waals surface area contributed by atoms with Crippen molar-refractivity contribution in [3.05, 3.63) is 12.7 Å². The SMILES string of the molecule is C=CCCC(C)NCC1CC2CCC1C2. The summed E-state index contributed by atoms with van der Waals surface area (Å²) in [4.78, 5) is 0. The molecule has 15 heavy (non-hydrogen) atoms. The van der Waals surface area contributed by atoms with Gasteiger partial charge in [-0.3, -0.25) is 0 Å². The fraction of sp³-hybridized carbons (Fsp3) is 0.857. The van der Waals surface area contributed by atoms with Gasteiger partial charge in [0.2, 0.25) is 0 Å². The van der Waals surface area contributed by atoms with E-state index in [2.05, 4.69) is 18.8 Å². The highest BCUT2D eigenvalue weighted by molar-refractivity contribution is 4.91. The van der Waals surface area contributed by atoms with Crippen molar-refractivity contribution >= 4 is 0 Å². The van der Waals surface area contributed by atoms with Gasteiger partial charge in [-0.05, 0) is 63.3 Å². The van der Waals surface area contributed by atoms with E-state index >= 15 is 0 Å². The summed E-state index contributed by atoms with van der Waals surface area (Å²) in [5, 5.41) is 3.70. The fourth-order valence-corrected chi connectivity index (χ4v) is 3.45. The van der Waals surface area contributed by atoms with E-state index in [9.17, 15) is 0 Å². The lowest BCUT2D eigenvalue weighted by Gasteiger charge is -2.24. The van der Waals surface area contributed by atoms with Crippen LogP contribution in [-0.2, 0) is 0 Å². The zero-order chi connectivity index (χ0) is 10.7. The van der Waals surface area contributed by atoms with Gasteiger partial charge in [0.1, 0.15) is 0 Å². The van der Waals surface area contributed by atoms with Crippen LogP contribution in [-0.4, -0.2) is 12.6 Å². The van der Waals surface area contributed by atoms with Crippen LogP contribution in [0.3, 0.4) is 0 Å². The molecule has 0 heterocycles. The summed E-state index contributed by atoms with van der Waals surface area (Å²) in [6.45, 7) is 7.34. The van der Waals surface area contributed by atoms with E-state index in [-0.39, 0.29) is 0 Å². The molecular weight excluding hydrogens is 182 g/mol. The molecule has 0 amide bonds. The summed E-state index contributed by atoms with van der Waals surface area (Å²) in [7, 11) is 0. The first kappa shape index (κ1) is 11.2. The third-order valence-electron chi connectivity index (χ3n) is 4.42. The molecule has 4 unspecified atom stereocenters. The van der Waals surface area contributed by atoms with Gasteiger partial charge in [0.15, 0.2) is 0 Å². The first-order valence-corrected chi connectivity index (χ1v) is 6.64. The molecule has 0 radical (unpaired) electrons. The average Bonchev–Trinajstić information content (AvgIpc) is 2.84. The van der Waals surface area contributed by atoms with Crippen molar-refractivity contribution in [1.29, 1.82) is 0 Å². The molecule has 2 aliphatic rings. The topological polar surface area (TPSA) is 12.0 Å². The first-order valence-electron chi connectivity index (χ1n) is 6.64. The van der Waals surface area contributed by atoms with Crippen molar-refractivity contribution < 1.29 is 0 Å². The van der Waals surface area contributed by atoms with Crippen molar-refractivity contribution in [1.82, 2.24) is 5.32 Å². The molecule has 0 aromatic carbocycles. The van der Waals surface area contributed by atoms with E-state index in [0.29, 0.717) is 6.04 Å². The molecule has 0 aromatic rings. The van der Waals surface area contributed by atoms with Crippen molar-refractivity contribution in [3.8, 4) is 0 Å². The Balaban J connectivity index is 1.63. The Morgan fingerprint density at radius 2 is 2.27 bits per heavy atom. The molecule has 0 aromatic heterocycles. The Labute approximate surface area is 94.3 Å². The normalized spacial score (nSPS) is 35.7. The summed E-state index contributed by atoms with van der Waals surface area (Å²) >= 11 is 0. The molecule has 0 saturated heterocycles. The van der Waals surface area contributed by atoms with Crippen LogP contribution in [0, 0.1) is 17.8 Å². The average molecular weight is 207 g/mol. The Kier molecular flexibility index (Phi) is 3.85. The van der Waals surface area contributed by atoms with E-state index in [0.717, 1.165) is 24.2 Å². The molecule has 2 bridgehead atoms. The van der Waals surface area contributed by atoms with E-state index in [1.54, 1.807) is 0 Å². The predicted octanol–water partition coefficient (Wildman–Crippen LogP) is 3.37. The van der Waals surface area contributed by atoms with Gasteiger partial charge in [0.05, 0.1) is 0 Å². The number of hydrogen-bond acceptors (Lipinski definition) is 1. The summed E-state index contributed by atoms with van der Waals surface area (Å²) in [6, 6.07) is 0.669. The van der Waals surface area contributed by atoms with Gasteiger partial charge in [0, 0.05) is 6.04 Å². The van der Waals surface area contributed by atoms with Gasteiger partial charge in [0.25, 0.3) is 0 Å². The third-order valence-corrected chi connectivity index (χ3v) is 4.42. The minimum absolute atomic E-state index is 0.669. The van der Waals surface area contributed by atoms with Crippen LogP contribution in [0.15, 0.2) is 12.7 Å². The Hall–Kier alpha value is -0.300. The van der Waals surface area contributed by atoms with Crippen molar-refractivity contribution in [2.75, 3.05) is 6.54 Å². The van der Waals surface area contributed by atoms with E-state index in [4.69, 9.17) is 0 Å². The van der Waals surface area contributed by atoms with Gasteiger partial charge in [-0.2, -0.15) is 0 Å². The highest BCUT2D eigenvalue weighted by atomic mass is 14.9. The van der Waals surface area contributed by atoms with Crippen LogP contribution in [0.25, 0.3) is 0 Å². The number of rotatable bonds is 6. The van der Waals surface area contributed by atoms with Gasteiger partial charge < -0.3 is 5.32 Å². The molecule has 0 spiro atoms. The lowest BCUT2D eigenvalue weighted by Crippen LogP contribution is -2.33. The number of hydrogen-bond donors (Lipinski definition) is 1. The highest BCUT2D eigenvalue weighted by Gasteiger charge is 2.38. The quantitative estimate of drug-likeness (QED) is 0.658. The molecule has 2 fully saturated rings. The Morgan fingerprint density at radius 3 is 2.87 bits per heavy atom. The molecular formula is C14H25N. The molecule has 2 aliphatic carbocycles. The molecule has 2 rings (SSSR count). The van der Waals surface area contributed by atoms with E-state index < -0.39 is 0 Å². The second-order valence-electron chi connectivity index (χ2n) is 5.61. The summed E-state index contributed by atoms with van der Waals surface area (Å²) in [6.07, 6.45) is 10.5. The lowest BCUT2D eigenvalue weighted by atomic mass is 9.88. The largest absolute Gasteiger partial charge is 0.314 e. The molecule has 0 aliphatic heterocycles. The predicted molar refractivity (Wildman–Crippen MR) is 65.8 cm³/mol. The second kappa shape index (κ2) is 5.16. The van der Waals surface area contributed by atoms with E-state index in [1.807, 2.05) is 6.08 Å². The zero-order valence-electron chi connectivity index (χ0n) is 10.0. The molecule has 4 atom stereocenters. The van der Waals surface area contributed by atoms with Gasteiger partial charge in [-0.15, -0.1) is 6.58 Å². The summed E-state index contributed by atoms with van der Waals surface area (Å²) < 4.78 is 0. The van der Waals surface area contributed by atoms with Crippen molar-refractivity contribution in [3.63, 3.8) is 0 Å². The number of allylic oxidation sites excluding steroid dienone is 1. The maximum Gasteiger partial charge on any atom is 0.00417 e. The Morgan fingerprint density at radius 1 is 1.40 bits per heavy atom. The molecule has 86 valence electrons. The van der Waals surface area contributed by atoms with Crippen LogP contribution >= 0.6 is 0 Å². The van der Waals surface area contributed by atoms with Gasteiger partial charge >= 0.3 is 0 Å². The van der Waals surface area contributed by atoms with Crippen LogP contribution in [0.5, 0.6) is 0 Å². The second-order valence-corrected chi connectivity index (χ2v) is 5.61. The maximum atomic E-state index is 3.77. The zero-order valence-corrected chi connectivity index (χ0v) is 10.0. The summed E-state index contributed by atoms with van der Waals surface area (Å²) in [5.41, 5.74) is 0. The lowest BCUT2D eigenvalue weighted by molar-refractivity contribution is 0.306. The minimum atomic E-state index is 0.669. The molecule has 1 heteroatoms. The summed E-state index contributed by atoms with van der Waals surface area (Å²) in [5.74, 6) is 3.15. The maximum absolute atomic E-state index is 3.77. The van der Waals surface area contributed by atoms with Gasteiger partial charge in [-0.1, -0.05) is 12.5 Å². The first-order chi connectivity index (χ1) is 7.29.